The number of hydrogen-bond donors (Lipinski definition) is 0. The van der Waals surface area contributed by atoms with Gasteiger partial charge in [0.25, 0.3) is 0 Å². The molecule has 0 fully saturated rings. The Kier molecular flexibility index (Phi) is 5.28. The Bertz CT molecular complexity index is 620. The summed E-state index contributed by atoms with van der Waals surface area (Å²) < 4.78 is 10.4. The Balaban J connectivity index is 2.27. The van der Waals surface area contributed by atoms with Crippen molar-refractivity contribution in [3.63, 3.8) is 0 Å². The molecule has 3 nitrogen and oxygen atoms in total. The number of hydrogen-bond acceptors (Lipinski definition) is 4. The average molecular weight is 302 g/mol. The van der Waals surface area contributed by atoms with E-state index in [-0.39, 0.29) is 5.78 Å². The number of carbonyl (C=O) groups excluding carboxylic acids is 1. The van der Waals surface area contributed by atoms with Crippen LogP contribution in [0, 0.1) is 0 Å². The molecule has 0 N–H and O–H groups in total. The van der Waals surface area contributed by atoms with Crippen molar-refractivity contribution in [2.45, 2.75) is 11.8 Å². The molecule has 0 spiro atoms. The van der Waals surface area contributed by atoms with Crippen LogP contribution in [0.3, 0.4) is 0 Å². The third-order valence-corrected chi connectivity index (χ3v) is 3.97. The molecule has 0 aliphatic heterocycles. The van der Waals surface area contributed by atoms with Gasteiger partial charge in [0.1, 0.15) is 0 Å². The fourth-order valence-corrected chi connectivity index (χ4v) is 2.68. The Labute approximate surface area is 129 Å². The van der Waals surface area contributed by atoms with E-state index < -0.39 is 0 Å². The van der Waals surface area contributed by atoms with E-state index in [0.717, 1.165) is 5.75 Å². The summed E-state index contributed by atoms with van der Waals surface area (Å²) in [6.45, 7) is 2.10. The normalized spacial score (nSPS) is 10.2. The van der Waals surface area contributed by atoms with E-state index >= 15 is 0 Å². The van der Waals surface area contributed by atoms with Gasteiger partial charge in [0.15, 0.2) is 17.3 Å². The summed E-state index contributed by atoms with van der Waals surface area (Å²) >= 11 is 1.75. The molecule has 0 aromatic heterocycles. The van der Waals surface area contributed by atoms with E-state index in [0.29, 0.717) is 22.6 Å². The zero-order valence-electron chi connectivity index (χ0n) is 12.4. The lowest BCUT2D eigenvalue weighted by atomic mass is 10.0. The molecule has 0 atom stereocenters. The van der Waals surface area contributed by atoms with E-state index in [2.05, 4.69) is 6.92 Å². The first-order valence-electron chi connectivity index (χ1n) is 6.69. The maximum atomic E-state index is 12.5. The lowest BCUT2D eigenvalue weighted by Crippen LogP contribution is -2.02. The van der Waals surface area contributed by atoms with Crippen LogP contribution < -0.4 is 9.47 Å². The van der Waals surface area contributed by atoms with Crippen LogP contribution in [0.15, 0.2) is 47.4 Å². The van der Waals surface area contributed by atoms with Crippen molar-refractivity contribution in [1.82, 2.24) is 0 Å². The van der Waals surface area contributed by atoms with Crippen molar-refractivity contribution in [1.29, 1.82) is 0 Å². The van der Waals surface area contributed by atoms with Crippen molar-refractivity contribution in [3.05, 3.63) is 53.6 Å². The van der Waals surface area contributed by atoms with Crippen LogP contribution in [-0.2, 0) is 0 Å². The van der Waals surface area contributed by atoms with Crippen LogP contribution in [0.2, 0.25) is 0 Å². The fraction of sp³-hybridized carbons (Fsp3) is 0.235. The molecule has 2 rings (SSSR count). The minimum absolute atomic E-state index is 0.0241. The number of thioether (sulfide) groups is 1. The summed E-state index contributed by atoms with van der Waals surface area (Å²) in [6.07, 6.45) is 0. The highest BCUT2D eigenvalue weighted by atomic mass is 32.2. The van der Waals surface area contributed by atoms with Gasteiger partial charge in [-0.05, 0) is 48.2 Å². The smallest absolute Gasteiger partial charge is 0.193 e. The van der Waals surface area contributed by atoms with Crippen molar-refractivity contribution in [3.8, 4) is 11.5 Å². The Morgan fingerprint density at radius 3 is 2.14 bits per heavy atom. The van der Waals surface area contributed by atoms with Gasteiger partial charge in [0, 0.05) is 16.0 Å². The fourth-order valence-electron chi connectivity index (χ4n) is 2.01. The topological polar surface area (TPSA) is 35.5 Å². The zero-order chi connectivity index (χ0) is 15.2. The monoisotopic (exact) mass is 302 g/mol. The minimum atomic E-state index is -0.0241. The summed E-state index contributed by atoms with van der Waals surface area (Å²) in [6, 6.07) is 12.9. The number of ketones is 1. The quantitative estimate of drug-likeness (QED) is 0.596. The molecular weight excluding hydrogens is 284 g/mol. The van der Waals surface area contributed by atoms with Crippen LogP contribution in [0.25, 0.3) is 0 Å². The number of rotatable bonds is 6. The van der Waals surface area contributed by atoms with Crippen LogP contribution in [-0.4, -0.2) is 25.8 Å². The molecule has 0 saturated carbocycles. The van der Waals surface area contributed by atoms with Gasteiger partial charge in [0.05, 0.1) is 14.2 Å². The van der Waals surface area contributed by atoms with E-state index in [4.69, 9.17) is 9.47 Å². The highest BCUT2D eigenvalue weighted by molar-refractivity contribution is 7.99. The van der Waals surface area contributed by atoms with Crippen molar-refractivity contribution in [2.75, 3.05) is 20.0 Å². The highest BCUT2D eigenvalue weighted by Gasteiger charge is 2.12. The molecule has 0 aliphatic carbocycles. The second kappa shape index (κ2) is 7.18. The van der Waals surface area contributed by atoms with Gasteiger partial charge in [-0.15, -0.1) is 11.8 Å². The molecule has 2 aromatic rings. The number of carbonyl (C=O) groups is 1. The molecule has 0 amide bonds. The molecule has 0 unspecified atom stereocenters. The highest BCUT2D eigenvalue weighted by Crippen LogP contribution is 2.28. The van der Waals surface area contributed by atoms with Gasteiger partial charge in [-0.25, -0.2) is 0 Å². The predicted octanol–water partition coefficient (Wildman–Crippen LogP) is 4.05. The third kappa shape index (κ3) is 3.58. The summed E-state index contributed by atoms with van der Waals surface area (Å²) in [4.78, 5) is 13.6. The lowest BCUT2D eigenvalue weighted by Gasteiger charge is -2.09. The summed E-state index contributed by atoms with van der Waals surface area (Å²) in [5.74, 6) is 2.16. The minimum Gasteiger partial charge on any atom is -0.493 e. The Morgan fingerprint density at radius 2 is 1.57 bits per heavy atom. The molecule has 21 heavy (non-hydrogen) atoms. The first-order valence-corrected chi connectivity index (χ1v) is 7.67. The van der Waals surface area contributed by atoms with Gasteiger partial charge in [-0.3, -0.25) is 4.79 Å². The summed E-state index contributed by atoms with van der Waals surface area (Å²) in [5.41, 5.74) is 1.26. The van der Waals surface area contributed by atoms with Crippen molar-refractivity contribution < 1.29 is 14.3 Å². The Hall–Kier alpha value is -1.94. The predicted molar refractivity (Wildman–Crippen MR) is 85.8 cm³/mol. The molecule has 0 radical (unpaired) electrons. The molecule has 2 aromatic carbocycles. The Morgan fingerprint density at radius 1 is 0.952 bits per heavy atom. The van der Waals surface area contributed by atoms with Crippen LogP contribution in [0.4, 0.5) is 0 Å². The molecule has 0 saturated heterocycles. The molecule has 0 heterocycles. The van der Waals surface area contributed by atoms with Gasteiger partial charge >= 0.3 is 0 Å². The SMILES string of the molecule is CCSc1ccc(C(=O)c2ccc(OC)c(OC)c2)cc1. The first kappa shape index (κ1) is 15.4. The zero-order valence-corrected chi connectivity index (χ0v) is 13.2. The van der Waals surface area contributed by atoms with E-state index in [1.807, 2.05) is 24.3 Å². The lowest BCUT2D eigenvalue weighted by molar-refractivity contribution is 0.103. The molecular formula is C17H18O3S. The van der Waals surface area contributed by atoms with Crippen molar-refractivity contribution >= 4 is 17.5 Å². The molecule has 110 valence electrons. The van der Waals surface area contributed by atoms with Gasteiger partial charge in [0.2, 0.25) is 0 Å². The number of ether oxygens (including phenoxy) is 2. The molecule has 4 heteroatoms. The van der Waals surface area contributed by atoms with E-state index in [9.17, 15) is 4.79 Å². The van der Waals surface area contributed by atoms with Gasteiger partial charge in [-0.2, -0.15) is 0 Å². The molecule has 0 bridgehead atoms. The second-order valence-corrected chi connectivity index (χ2v) is 5.69. The standard InChI is InChI=1S/C17H18O3S/c1-4-21-14-8-5-12(6-9-14)17(18)13-7-10-15(19-2)16(11-13)20-3/h5-11H,4H2,1-3H3. The maximum absolute atomic E-state index is 12.5. The van der Waals surface area contributed by atoms with E-state index in [1.165, 1.54) is 4.90 Å². The summed E-state index contributed by atoms with van der Waals surface area (Å²) in [7, 11) is 3.13. The number of methoxy groups -OCH3 is 2. The average Bonchev–Trinajstić information content (AvgIpc) is 2.54. The first-order chi connectivity index (χ1) is 10.2. The van der Waals surface area contributed by atoms with Gasteiger partial charge < -0.3 is 9.47 Å². The summed E-state index contributed by atoms with van der Waals surface area (Å²) in [5, 5.41) is 0. The van der Waals surface area contributed by atoms with Crippen LogP contribution in [0.1, 0.15) is 22.8 Å². The van der Waals surface area contributed by atoms with Crippen LogP contribution in [0.5, 0.6) is 11.5 Å². The number of benzene rings is 2. The van der Waals surface area contributed by atoms with Crippen LogP contribution >= 0.6 is 11.8 Å². The maximum Gasteiger partial charge on any atom is 0.193 e. The van der Waals surface area contributed by atoms with Gasteiger partial charge in [-0.1, -0.05) is 6.92 Å². The van der Waals surface area contributed by atoms with E-state index in [1.54, 1.807) is 44.2 Å². The largest absolute Gasteiger partial charge is 0.493 e. The van der Waals surface area contributed by atoms with Crippen molar-refractivity contribution in [2.24, 2.45) is 0 Å². The molecule has 0 aliphatic rings. The second-order valence-electron chi connectivity index (χ2n) is 4.36. The third-order valence-electron chi connectivity index (χ3n) is 3.07.